The van der Waals surface area contributed by atoms with Crippen LogP contribution in [-0.4, -0.2) is 36.9 Å². The van der Waals surface area contributed by atoms with Crippen molar-refractivity contribution in [1.82, 2.24) is 0 Å². The molecule has 0 aliphatic carbocycles. The van der Waals surface area contributed by atoms with Gasteiger partial charge in [0.25, 0.3) is 5.79 Å². The highest BCUT2D eigenvalue weighted by Gasteiger charge is 2.38. The number of cyclic esters (lactones) is 2. The highest BCUT2D eigenvalue weighted by atomic mass is 16.7. The second-order valence-corrected chi connectivity index (χ2v) is 5.71. The summed E-state index contributed by atoms with van der Waals surface area (Å²) in [6.07, 6.45) is 1.55. The van der Waals surface area contributed by atoms with Crippen molar-refractivity contribution in [2.45, 2.75) is 33.0 Å². The van der Waals surface area contributed by atoms with E-state index >= 15 is 0 Å². The molecule has 0 spiro atoms. The molecule has 1 fully saturated rings. The fourth-order valence-corrected chi connectivity index (χ4v) is 2.09. The Morgan fingerprint density at radius 2 is 1.72 bits per heavy atom. The van der Waals surface area contributed by atoms with Crippen LogP contribution in [0.5, 0.6) is 5.75 Å². The Labute approximate surface area is 145 Å². The Morgan fingerprint density at radius 1 is 1.12 bits per heavy atom. The molecular formula is C18H20O7. The van der Waals surface area contributed by atoms with Gasteiger partial charge < -0.3 is 18.9 Å². The van der Waals surface area contributed by atoms with Crippen LogP contribution in [0.15, 0.2) is 29.8 Å². The number of benzene rings is 1. The van der Waals surface area contributed by atoms with Crippen molar-refractivity contribution in [3.05, 3.63) is 35.4 Å². The van der Waals surface area contributed by atoms with Gasteiger partial charge in [0.2, 0.25) is 0 Å². The molecule has 1 saturated heterocycles. The third-order valence-corrected chi connectivity index (χ3v) is 3.19. The van der Waals surface area contributed by atoms with E-state index in [1.165, 1.54) is 19.9 Å². The minimum atomic E-state index is -1.26. The molecular weight excluding hydrogens is 328 g/mol. The van der Waals surface area contributed by atoms with Crippen molar-refractivity contribution < 1.29 is 33.3 Å². The largest absolute Gasteiger partial charge is 0.493 e. The van der Waals surface area contributed by atoms with Gasteiger partial charge in [-0.25, -0.2) is 9.59 Å². The van der Waals surface area contributed by atoms with Crippen LogP contribution in [0.4, 0.5) is 0 Å². The van der Waals surface area contributed by atoms with Crippen molar-refractivity contribution in [2.24, 2.45) is 0 Å². The summed E-state index contributed by atoms with van der Waals surface area (Å²) < 4.78 is 20.3. The Bertz CT molecular complexity index is 664. The predicted octanol–water partition coefficient (Wildman–Crippen LogP) is 2.24. The van der Waals surface area contributed by atoms with Crippen molar-refractivity contribution in [3.63, 3.8) is 0 Å². The van der Waals surface area contributed by atoms with Crippen LogP contribution < -0.4 is 4.74 Å². The van der Waals surface area contributed by atoms with E-state index in [-0.39, 0.29) is 24.6 Å². The van der Waals surface area contributed by atoms with E-state index < -0.39 is 17.7 Å². The number of ether oxygens (including phenoxy) is 4. The molecule has 7 nitrogen and oxygen atoms in total. The number of rotatable bonds is 6. The maximum atomic E-state index is 11.9. The standard InChI is InChI=1S/C18H20O7/c1-4-22-15(19)9-10-23-13-7-5-12(6-8-13)11-14-16(20)24-18(2,3)25-17(14)21/h5-8,11H,4,9-10H2,1-3H3. The molecule has 2 rings (SSSR count). The molecule has 0 aromatic heterocycles. The van der Waals surface area contributed by atoms with E-state index in [9.17, 15) is 14.4 Å². The Kier molecular flexibility index (Phi) is 5.80. The van der Waals surface area contributed by atoms with E-state index in [2.05, 4.69) is 0 Å². The van der Waals surface area contributed by atoms with Crippen LogP contribution in [0.1, 0.15) is 32.8 Å². The maximum Gasteiger partial charge on any atom is 0.348 e. The molecule has 1 aromatic rings. The lowest BCUT2D eigenvalue weighted by molar-refractivity contribution is -0.222. The second kappa shape index (κ2) is 7.83. The van der Waals surface area contributed by atoms with E-state index in [4.69, 9.17) is 18.9 Å². The van der Waals surface area contributed by atoms with Gasteiger partial charge in [-0.05, 0) is 30.7 Å². The smallest absolute Gasteiger partial charge is 0.348 e. The van der Waals surface area contributed by atoms with Crippen LogP contribution >= 0.6 is 0 Å². The van der Waals surface area contributed by atoms with Gasteiger partial charge in [0.1, 0.15) is 11.3 Å². The zero-order chi connectivity index (χ0) is 18.4. The van der Waals surface area contributed by atoms with Gasteiger partial charge in [-0.15, -0.1) is 0 Å². The first-order chi connectivity index (χ1) is 11.8. The van der Waals surface area contributed by atoms with Gasteiger partial charge in [0.05, 0.1) is 19.6 Å². The van der Waals surface area contributed by atoms with E-state index in [0.29, 0.717) is 17.9 Å². The number of carbonyl (C=O) groups excluding carboxylic acids is 3. The van der Waals surface area contributed by atoms with Crippen LogP contribution in [0, 0.1) is 0 Å². The summed E-state index contributed by atoms with van der Waals surface area (Å²) in [7, 11) is 0. The summed E-state index contributed by atoms with van der Waals surface area (Å²) in [4.78, 5) is 35.0. The highest BCUT2D eigenvalue weighted by Crippen LogP contribution is 2.24. The summed E-state index contributed by atoms with van der Waals surface area (Å²) in [5.74, 6) is -2.48. The molecule has 0 unspecified atom stereocenters. The Balaban J connectivity index is 1.97. The minimum Gasteiger partial charge on any atom is -0.493 e. The first-order valence-electron chi connectivity index (χ1n) is 7.87. The third kappa shape index (κ3) is 5.34. The molecule has 0 amide bonds. The normalized spacial score (nSPS) is 15.9. The zero-order valence-corrected chi connectivity index (χ0v) is 14.4. The third-order valence-electron chi connectivity index (χ3n) is 3.19. The van der Waals surface area contributed by atoms with Crippen molar-refractivity contribution in [1.29, 1.82) is 0 Å². The Hall–Kier alpha value is -2.83. The summed E-state index contributed by atoms with van der Waals surface area (Å²) in [6.45, 7) is 5.26. The molecule has 0 radical (unpaired) electrons. The zero-order valence-electron chi connectivity index (χ0n) is 14.4. The fraction of sp³-hybridized carbons (Fsp3) is 0.389. The number of carbonyl (C=O) groups is 3. The number of hydrogen-bond donors (Lipinski definition) is 0. The average molecular weight is 348 g/mol. The predicted molar refractivity (Wildman–Crippen MR) is 87.4 cm³/mol. The molecule has 7 heteroatoms. The lowest BCUT2D eigenvalue weighted by Crippen LogP contribution is -2.41. The fourth-order valence-electron chi connectivity index (χ4n) is 2.09. The van der Waals surface area contributed by atoms with E-state index in [0.717, 1.165) is 0 Å². The molecule has 1 aliphatic rings. The molecule has 1 aliphatic heterocycles. The van der Waals surface area contributed by atoms with Crippen LogP contribution in [-0.2, 0) is 28.6 Å². The SMILES string of the molecule is CCOC(=O)CCOc1ccc(C=C2C(=O)OC(C)(C)OC2=O)cc1. The van der Waals surface area contributed by atoms with E-state index in [1.807, 2.05) is 0 Å². The highest BCUT2D eigenvalue weighted by molar-refractivity contribution is 6.18. The van der Waals surface area contributed by atoms with Gasteiger partial charge in [0, 0.05) is 13.8 Å². The van der Waals surface area contributed by atoms with Gasteiger partial charge in [-0.3, -0.25) is 4.79 Å². The Morgan fingerprint density at radius 3 is 2.28 bits per heavy atom. The van der Waals surface area contributed by atoms with Gasteiger partial charge >= 0.3 is 17.9 Å². The lowest BCUT2D eigenvalue weighted by Gasteiger charge is -2.29. The average Bonchev–Trinajstić information content (AvgIpc) is 2.52. The monoisotopic (exact) mass is 348 g/mol. The lowest BCUT2D eigenvalue weighted by atomic mass is 10.1. The molecule has 25 heavy (non-hydrogen) atoms. The van der Waals surface area contributed by atoms with Crippen LogP contribution in [0.2, 0.25) is 0 Å². The maximum absolute atomic E-state index is 11.9. The van der Waals surface area contributed by atoms with Crippen molar-refractivity contribution in [2.75, 3.05) is 13.2 Å². The number of hydrogen-bond acceptors (Lipinski definition) is 7. The first-order valence-corrected chi connectivity index (χ1v) is 7.87. The molecule has 1 aromatic carbocycles. The van der Waals surface area contributed by atoms with Crippen LogP contribution in [0.25, 0.3) is 6.08 Å². The summed E-state index contributed by atoms with van der Waals surface area (Å²) >= 11 is 0. The summed E-state index contributed by atoms with van der Waals surface area (Å²) in [6, 6.07) is 6.68. The number of esters is 3. The summed E-state index contributed by atoms with van der Waals surface area (Å²) in [5, 5.41) is 0. The second-order valence-electron chi connectivity index (χ2n) is 5.71. The van der Waals surface area contributed by atoms with E-state index in [1.54, 1.807) is 31.2 Å². The molecule has 0 saturated carbocycles. The molecule has 0 bridgehead atoms. The van der Waals surface area contributed by atoms with Gasteiger partial charge in [-0.2, -0.15) is 0 Å². The quantitative estimate of drug-likeness (QED) is 0.442. The molecule has 0 atom stereocenters. The van der Waals surface area contributed by atoms with Gasteiger partial charge in [0.15, 0.2) is 0 Å². The minimum absolute atomic E-state index is 0.160. The molecule has 134 valence electrons. The first kappa shape index (κ1) is 18.5. The van der Waals surface area contributed by atoms with Crippen molar-refractivity contribution >= 4 is 24.0 Å². The molecule has 1 heterocycles. The van der Waals surface area contributed by atoms with Crippen molar-refractivity contribution in [3.8, 4) is 5.75 Å². The topological polar surface area (TPSA) is 88.1 Å². The molecule has 0 N–H and O–H groups in total. The summed E-state index contributed by atoms with van der Waals surface area (Å²) in [5.41, 5.74) is 0.441. The van der Waals surface area contributed by atoms with Gasteiger partial charge in [-0.1, -0.05) is 12.1 Å². The van der Waals surface area contributed by atoms with Crippen LogP contribution in [0.3, 0.4) is 0 Å².